The van der Waals surface area contributed by atoms with Crippen LogP contribution >= 0.6 is 0 Å². The fourth-order valence-electron chi connectivity index (χ4n) is 3.43. The van der Waals surface area contributed by atoms with Gasteiger partial charge in [-0.3, -0.25) is 0 Å². The van der Waals surface area contributed by atoms with Crippen LogP contribution in [-0.4, -0.2) is 20.2 Å². The van der Waals surface area contributed by atoms with E-state index in [1.54, 1.807) is 7.11 Å². The largest absolute Gasteiger partial charge is 0.495 e. The third kappa shape index (κ3) is 2.90. The molecule has 3 rings (SSSR count). The highest BCUT2D eigenvalue weighted by molar-refractivity contribution is 5.59. The van der Waals surface area contributed by atoms with E-state index in [1.165, 1.54) is 5.56 Å². The van der Waals surface area contributed by atoms with Crippen LogP contribution in [0.4, 0.5) is 5.69 Å². The summed E-state index contributed by atoms with van der Waals surface area (Å²) in [4.78, 5) is 2.32. The van der Waals surface area contributed by atoms with Crippen molar-refractivity contribution in [2.45, 2.75) is 25.2 Å². The standard InChI is InChI=1S/C20H22N2O/c1-16-6-5-7-17(14-16)20(15-21)10-12-22(13-11-20)18-8-3-4-9-19(18)23-2/h3-9,14H,10-13H2,1-2H3. The highest BCUT2D eigenvalue weighted by Gasteiger charge is 2.37. The predicted octanol–water partition coefficient (Wildman–Crippen LogP) is 4.07. The van der Waals surface area contributed by atoms with Gasteiger partial charge in [-0.2, -0.15) is 5.26 Å². The Morgan fingerprint density at radius 1 is 1.09 bits per heavy atom. The van der Waals surface area contributed by atoms with Gasteiger partial charge < -0.3 is 9.64 Å². The molecule has 23 heavy (non-hydrogen) atoms. The number of hydrogen-bond acceptors (Lipinski definition) is 3. The van der Waals surface area contributed by atoms with Gasteiger partial charge in [0, 0.05) is 13.1 Å². The molecule has 0 aromatic heterocycles. The van der Waals surface area contributed by atoms with Gasteiger partial charge in [-0.05, 0) is 37.5 Å². The first-order chi connectivity index (χ1) is 11.2. The molecular formula is C20H22N2O. The summed E-state index contributed by atoms with van der Waals surface area (Å²) in [5.41, 5.74) is 3.11. The van der Waals surface area contributed by atoms with Crippen molar-refractivity contribution in [1.82, 2.24) is 0 Å². The Balaban J connectivity index is 1.83. The fraction of sp³-hybridized carbons (Fsp3) is 0.350. The Labute approximate surface area is 138 Å². The third-order valence-electron chi connectivity index (χ3n) is 4.83. The summed E-state index contributed by atoms with van der Waals surface area (Å²) in [5, 5.41) is 9.85. The molecule has 3 nitrogen and oxygen atoms in total. The van der Waals surface area contributed by atoms with Crippen molar-refractivity contribution in [3.8, 4) is 11.8 Å². The molecule has 3 heteroatoms. The second-order valence-corrected chi connectivity index (χ2v) is 6.22. The highest BCUT2D eigenvalue weighted by Crippen LogP contribution is 2.38. The summed E-state index contributed by atoms with van der Waals surface area (Å²) >= 11 is 0. The number of nitrogens with zero attached hydrogens (tertiary/aromatic N) is 2. The Hall–Kier alpha value is -2.47. The van der Waals surface area contributed by atoms with Crippen LogP contribution in [0.5, 0.6) is 5.75 Å². The van der Waals surface area contributed by atoms with E-state index in [2.05, 4.69) is 48.2 Å². The average Bonchev–Trinajstić information content (AvgIpc) is 2.62. The van der Waals surface area contributed by atoms with Crippen LogP contribution in [0.1, 0.15) is 24.0 Å². The number of hydrogen-bond donors (Lipinski definition) is 0. The Morgan fingerprint density at radius 3 is 2.48 bits per heavy atom. The summed E-state index contributed by atoms with van der Waals surface area (Å²) in [7, 11) is 1.70. The number of para-hydroxylation sites is 2. The maximum absolute atomic E-state index is 9.85. The molecule has 1 aliphatic heterocycles. The molecule has 0 bridgehead atoms. The molecule has 0 aliphatic carbocycles. The van der Waals surface area contributed by atoms with E-state index >= 15 is 0 Å². The lowest BCUT2D eigenvalue weighted by Gasteiger charge is -2.39. The van der Waals surface area contributed by atoms with Crippen LogP contribution in [0.15, 0.2) is 48.5 Å². The number of rotatable bonds is 3. The van der Waals surface area contributed by atoms with Gasteiger partial charge in [-0.25, -0.2) is 0 Å². The smallest absolute Gasteiger partial charge is 0.142 e. The molecule has 0 atom stereocenters. The predicted molar refractivity (Wildman–Crippen MR) is 92.9 cm³/mol. The number of benzene rings is 2. The number of piperidine rings is 1. The first-order valence-corrected chi connectivity index (χ1v) is 8.05. The van der Waals surface area contributed by atoms with Crippen LogP contribution in [0, 0.1) is 18.3 Å². The van der Waals surface area contributed by atoms with Crippen molar-refractivity contribution in [2.75, 3.05) is 25.1 Å². The van der Waals surface area contributed by atoms with E-state index in [-0.39, 0.29) is 5.41 Å². The minimum Gasteiger partial charge on any atom is -0.495 e. The van der Waals surface area contributed by atoms with Gasteiger partial charge in [0.1, 0.15) is 5.75 Å². The lowest BCUT2D eigenvalue weighted by atomic mass is 9.73. The van der Waals surface area contributed by atoms with Crippen molar-refractivity contribution < 1.29 is 4.74 Å². The van der Waals surface area contributed by atoms with Crippen LogP contribution < -0.4 is 9.64 Å². The van der Waals surface area contributed by atoms with Gasteiger partial charge >= 0.3 is 0 Å². The minimum atomic E-state index is -0.371. The van der Waals surface area contributed by atoms with E-state index in [4.69, 9.17) is 4.74 Å². The van der Waals surface area contributed by atoms with Crippen molar-refractivity contribution in [2.24, 2.45) is 0 Å². The molecule has 0 radical (unpaired) electrons. The zero-order chi connectivity index (χ0) is 16.3. The molecule has 0 spiro atoms. The summed E-state index contributed by atoms with van der Waals surface area (Å²) in [5.74, 6) is 0.896. The molecule has 1 saturated heterocycles. The monoisotopic (exact) mass is 306 g/mol. The SMILES string of the molecule is COc1ccccc1N1CCC(C#N)(c2cccc(C)c2)CC1. The zero-order valence-electron chi connectivity index (χ0n) is 13.7. The lowest BCUT2D eigenvalue weighted by molar-refractivity contribution is 0.396. The second-order valence-electron chi connectivity index (χ2n) is 6.22. The summed E-state index contributed by atoms with van der Waals surface area (Å²) in [6.45, 7) is 3.81. The highest BCUT2D eigenvalue weighted by atomic mass is 16.5. The third-order valence-corrected chi connectivity index (χ3v) is 4.83. The van der Waals surface area contributed by atoms with Gasteiger partial charge in [0.15, 0.2) is 0 Å². The Kier molecular flexibility index (Phi) is 4.25. The first-order valence-electron chi connectivity index (χ1n) is 8.05. The molecule has 0 N–H and O–H groups in total. The van der Waals surface area contributed by atoms with Crippen LogP contribution in [0.3, 0.4) is 0 Å². The van der Waals surface area contributed by atoms with E-state index < -0.39 is 0 Å². The summed E-state index contributed by atoms with van der Waals surface area (Å²) in [6, 6.07) is 19.1. The van der Waals surface area contributed by atoms with Crippen LogP contribution in [0.25, 0.3) is 0 Å². The quantitative estimate of drug-likeness (QED) is 0.858. The number of aryl methyl sites for hydroxylation is 1. The van der Waals surface area contributed by atoms with Gasteiger partial charge in [-0.1, -0.05) is 42.0 Å². The summed E-state index contributed by atoms with van der Waals surface area (Å²) in [6.07, 6.45) is 1.68. The minimum absolute atomic E-state index is 0.371. The van der Waals surface area contributed by atoms with Gasteiger partial charge in [-0.15, -0.1) is 0 Å². The zero-order valence-corrected chi connectivity index (χ0v) is 13.7. The van der Waals surface area contributed by atoms with Crippen molar-refractivity contribution in [1.29, 1.82) is 5.26 Å². The number of methoxy groups -OCH3 is 1. The van der Waals surface area contributed by atoms with Crippen molar-refractivity contribution >= 4 is 5.69 Å². The van der Waals surface area contributed by atoms with E-state index in [0.29, 0.717) is 0 Å². The van der Waals surface area contributed by atoms with Gasteiger partial charge in [0.05, 0.1) is 24.3 Å². The molecule has 0 amide bonds. The Morgan fingerprint density at radius 2 is 1.83 bits per heavy atom. The van der Waals surface area contributed by atoms with Gasteiger partial charge in [0.2, 0.25) is 0 Å². The molecule has 2 aromatic rings. The fourth-order valence-corrected chi connectivity index (χ4v) is 3.43. The lowest BCUT2D eigenvalue weighted by Crippen LogP contribution is -2.42. The van der Waals surface area contributed by atoms with Gasteiger partial charge in [0.25, 0.3) is 0 Å². The van der Waals surface area contributed by atoms with Crippen LogP contribution in [-0.2, 0) is 5.41 Å². The number of nitriles is 1. The first kappa shape index (κ1) is 15.4. The number of ether oxygens (including phenoxy) is 1. The number of anilines is 1. The Bertz CT molecular complexity index is 724. The van der Waals surface area contributed by atoms with Crippen molar-refractivity contribution in [3.05, 3.63) is 59.7 Å². The molecule has 1 aliphatic rings. The van der Waals surface area contributed by atoms with Crippen molar-refractivity contribution in [3.63, 3.8) is 0 Å². The molecule has 1 fully saturated rings. The topological polar surface area (TPSA) is 36.3 Å². The normalized spacial score (nSPS) is 16.7. The molecule has 1 heterocycles. The van der Waals surface area contributed by atoms with Crippen LogP contribution in [0.2, 0.25) is 0 Å². The van der Waals surface area contributed by atoms with E-state index in [1.807, 2.05) is 18.2 Å². The molecule has 0 saturated carbocycles. The molecule has 2 aromatic carbocycles. The maximum Gasteiger partial charge on any atom is 0.142 e. The second kappa shape index (κ2) is 6.34. The van der Waals surface area contributed by atoms with E-state index in [0.717, 1.165) is 42.9 Å². The molecule has 118 valence electrons. The maximum atomic E-state index is 9.85. The van der Waals surface area contributed by atoms with E-state index in [9.17, 15) is 5.26 Å². The average molecular weight is 306 g/mol. The molecular weight excluding hydrogens is 284 g/mol. The summed E-state index contributed by atoms with van der Waals surface area (Å²) < 4.78 is 5.47. The molecule has 0 unspecified atom stereocenters.